The molecule has 1 aromatic heterocycles. The van der Waals surface area contributed by atoms with Crippen LogP contribution in [0.15, 0.2) is 59.2 Å². The van der Waals surface area contributed by atoms with Crippen molar-refractivity contribution in [2.45, 2.75) is 25.7 Å². The van der Waals surface area contributed by atoms with Crippen molar-refractivity contribution in [1.29, 1.82) is 0 Å². The van der Waals surface area contributed by atoms with Gasteiger partial charge in [-0.15, -0.1) is 0 Å². The SMILES string of the molecule is Cc1occc1C(=O)Nc1cc(NC(=O)CC2CCOc3ccccc32)ccc1F. The molecule has 2 amide bonds. The van der Waals surface area contributed by atoms with Crippen LogP contribution in [0.2, 0.25) is 0 Å². The molecule has 1 unspecified atom stereocenters. The second-order valence-corrected chi connectivity index (χ2v) is 7.16. The molecule has 4 rings (SSSR count). The Morgan fingerprint density at radius 1 is 1.13 bits per heavy atom. The van der Waals surface area contributed by atoms with Crippen LogP contribution in [0.25, 0.3) is 0 Å². The van der Waals surface area contributed by atoms with E-state index in [2.05, 4.69) is 10.6 Å². The average molecular weight is 408 g/mol. The maximum Gasteiger partial charge on any atom is 0.259 e. The smallest absolute Gasteiger partial charge is 0.259 e. The molecule has 0 radical (unpaired) electrons. The highest BCUT2D eigenvalue weighted by Crippen LogP contribution is 2.35. The fourth-order valence-electron chi connectivity index (χ4n) is 3.57. The van der Waals surface area contributed by atoms with Crippen molar-refractivity contribution in [1.82, 2.24) is 0 Å². The Morgan fingerprint density at radius 2 is 1.97 bits per heavy atom. The molecule has 0 saturated heterocycles. The molecule has 2 N–H and O–H groups in total. The van der Waals surface area contributed by atoms with E-state index < -0.39 is 11.7 Å². The molecule has 0 bridgehead atoms. The van der Waals surface area contributed by atoms with Crippen molar-refractivity contribution in [2.24, 2.45) is 0 Å². The molecule has 0 aliphatic carbocycles. The van der Waals surface area contributed by atoms with Gasteiger partial charge in [0.15, 0.2) is 0 Å². The normalized spacial score (nSPS) is 15.1. The second-order valence-electron chi connectivity index (χ2n) is 7.16. The Morgan fingerprint density at radius 3 is 2.77 bits per heavy atom. The Kier molecular flexibility index (Phi) is 5.52. The summed E-state index contributed by atoms with van der Waals surface area (Å²) in [5, 5.41) is 5.31. The number of hydrogen-bond donors (Lipinski definition) is 2. The fourth-order valence-corrected chi connectivity index (χ4v) is 3.57. The number of rotatable bonds is 5. The number of benzene rings is 2. The molecule has 1 aliphatic rings. The number of hydrogen-bond acceptors (Lipinski definition) is 4. The largest absolute Gasteiger partial charge is 0.493 e. The molecule has 6 nitrogen and oxygen atoms in total. The number of carbonyl (C=O) groups excluding carboxylic acids is 2. The third-order valence-corrected chi connectivity index (χ3v) is 5.12. The van der Waals surface area contributed by atoms with E-state index in [0.717, 1.165) is 17.7 Å². The number of carbonyl (C=O) groups is 2. The van der Waals surface area contributed by atoms with Gasteiger partial charge in [0.2, 0.25) is 5.91 Å². The molecule has 0 spiro atoms. The Labute approximate surface area is 173 Å². The van der Waals surface area contributed by atoms with Gasteiger partial charge in [-0.3, -0.25) is 9.59 Å². The van der Waals surface area contributed by atoms with Crippen molar-refractivity contribution in [3.8, 4) is 5.75 Å². The molecule has 154 valence electrons. The van der Waals surface area contributed by atoms with Crippen molar-refractivity contribution in [2.75, 3.05) is 17.2 Å². The summed E-state index contributed by atoms with van der Waals surface area (Å²) in [5.74, 6) is 0.0326. The van der Waals surface area contributed by atoms with Gasteiger partial charge < -0.3 is 19.8 Å². The van der Waals surface area contributed by atoms with Gasteiger partial charge in [-0.2, -0.15) is 0 Å². The van der Waals surface area contributed by atoms with E-state index in [-0.39, 0.29) is 23.9 Å². The molecule has 3 aromatic rings. The monoisotopic (exact) mass is 408 g/mol. The summed E-state index contributed by atoms with van der Waals surface area (Å²) in [4.78, 5) is 24.9. The number of halogens is 1. The quantitative estimate of drug-likeness (QED) is 0.631. The van der Waals surface area contributed by atoms with Crippen molar-refractivity contribution in [3.63, 3.8) is 0 Å². The zero-order chi connectivity index (χ0) is 21.1. The highest BCUT2D eigenvalue weighted by molar-refractivity contribution is 6.05. The van der Waals surface area contributed by atoms with Crippen LogP contribution in [-0.4, -0.2) is 18.4 Å². The standard InChI is InChI=1S/C23H21FN2O4/c1-14-17(9-11-29-14)23(28)26-20-13-16(6-7-19(20)24)25-22(27)12-15-8-10-30-21-5-3-2-4-18(15)21/h2-7,9,11,13,15H,8,10,12H2,1H3,(H,25,27)(H,26,28). The summed E-state index contributed by atoms with van der Waals surface area (Å²) < 4.78 is 24.9. The van der Waals surface area contributed by atoms with Crippen molar-refractivity contribution >= 4 is 23.2 Å². The second kappa shape index (κ2) is 8.41. The predicted molar refractivity (Wildman–Crippen MR) is 110 cm³/mol. The lowest BCUT2D eigenvalue weighted by atomic mass is 9.90. The molecule has 7 heteroatoms. The number of para-hydroxylation sites is 1. The molecule has 30 heavy (non-hydrogen) atoms. The first kappa shape index (κ1) is 19.7. The summed E-state index contributed by atoms with van der Waals surface area (Å²) in [6, 6.07) is 13.3. The topological polar surface area (TPSA) is 80.6 Å². The van der Waals surface area contributed by atoms with E-state index in [1.54, 1.807) is 6.92 Å². The molecule has 1 atom stereocenters. The van der Waals surface area contributed by atoms with Crippen molar-refractivity contribution < 1.29 is 23.1 Å². The zero-order valence-corrected chi connectivity index (χ0v) is 16.4. The van der Waals surface area contributed by atoms with Crippen LogP contribution in [0, 0.1) is 12.7 Å². The summed E-state index contributed by atoms with van der Waals surface area (Å²) in [6.07, 6.45) is 2.43. The maximum atomic E-state index is 14.2. The lowest BCUT2D eigenvalue weighted by Gasteiger charge is -2.25. The van der Waals surface area contributed by atoms with Gasteiger partial charge >= 0.3 is 0 Å². The van der Waals surface area contributed by atoms with Crippen molar-refractivity contribution in [3.05, 3.63) is 77.5 Å². The third kappa shape index (κ3) is 4.20. The van der Waals surface area contributed by atoms with Crippen LogP contribution in [0.4, 0.5) is 15.8 Å². The van der Waals surface area contributed by atoms with Gasteiger partial charge in [-0.1, -0.05) is 18.2 Å². The van der Waals surface area contributed by atoms with Gasteiger partial charge in [-0.05, 0) is 55.2 Å². The lowest BCUT2D eigenvalue weighted by molar-refractivity contribution is -0.116. The number of amides is 2. The summed E-state index contributed by atoms with van der Waals surface area (Å²) in [5.41, 5.74) is 1.72. The fraction of sp³-hybridized carbons (Fsp3) is 0.217. The molecule has 1 aliphatic heterocycles. The van der Waals surface area contributed by atoms with Crippen LogP contribution in [0.3, 0.4) is 0 Å². The van der Waals surface area contributed by atoms with Crippen LogP contribution in [0.1, 0.15) is 40.4 Å². The van der Waals surface area contributed by atoms with Gasteiger partial charge in [0.1, 0.15) is 17.3 Å². The minimum absolute atomic E-state index is 0.0187. The van der Waals surface area contributed by atoms with Crippen LogP contribution in [-0.2, 0) is 4.79 Å². The van der Waals surface area contributed by atoms with E-state index in [9.17, 15) is 14.0 Å². The zero-order valence-electron chi connectivity index (χ0n) is 16.4. The minimum atomic E-state index is -0.596. The third-order valence-electron chi connectivity index (χ3n) is 5.12. The lowest BCUT2D eigenvalue weighted by Crippen LogP contribution is -2.21. The molecular weight excluding hydrogens is 387 g/mol. The molecule has 0 fully saturated rings. The van der Waals surface area contributed by atoms with Gasteiger partial charge in [0.05, 0.1) is 24.1 Å². The Bertz CT molecular complexity index is 1090. The highest BCUT2D eigenvalue weighted by Gasteiger charge is 2.23. The van der Waals surface area contributed by atoms with E-state index in [1.165, 1.54) is 30.5 Å². The summed E-state index contributed by atoms with van der Waals surface area (Å²) in [6.45, 7) is 2.21. The molecule has 2 aromatic carbocycles. The molecular formula is C23H21FN2O4. The van der Waals surface area contributed by atoms with Gasteiger partial charge in [-0.25, -0.2) is 4.39 Å². The van der Waals surface area contributed by atoms with E-state index in [0.29, 0.717) is 23.6 Å². The Balaban J connectivity index is 1.44. The number of ether oxygens (including phenoxy) is 1. The van der Waals surface area contributed by atoms with Gasteiger partial charge in [0.25, 0.3) is 5.91 Å². The molecule has 0 saturated carbocycles. The minimum Gasteiger partial charge on any atom is -0.493 e. The number of fused-ring (bicyclic) bond motifs is 1. The van der Waals surface area contributed by atoms with E-state index in [1.807, 2.05) is 24.3 Å². The van der Waals surface area contributed by atoms with E-state index in [4.69, 9.17) is 9.15 Å². The van der Waals surface area contributed by atoms with Crippen LogP contribution < -0.4 is 15.4 Å². The number of anilines is 2. The van der Waals surface area contributed by atoms with E-state index >= 15 is 0 Å². The molecule has 2 heterocycles. The Hall–Kier alpha value is -3.61. The average Bonchev–Trinajstić information content (AvgIpc) is 3.17. The first-order valence-corrected chi connectivity index (χ1v) is 9.68. The summed E-state index contributed by atoms with van der Waals surface area (Å²) in [7, 11) is 0. The van der Waals surface area contributed by atoms with Crippen LogP contribution >= 0.6 is 0 Å². The maximum absolute atomic E-state index is 14.2. The van der Waals surface area contributed by atoms with Crippen LogP contribution in [0.5, 0.6) is 5.75 Å². The summed E-state index contributed by atoms with van der Waals surface area (Å²) >= 11 is 0. The first-order chi connectivity index (χ1) is 14.5. The predicted octanol–water partition coefficient (Wildman–Crippen LogP) is 4.87. The highest BCUT2D eigenvalue weighted by atomic mass is 19.1. The number of furan rings is 1. The first-order valence-electron chi connectivity index (χ1n) is 9.68. The number of aryl methyl sites for hydroxylation is 1. The van der Waals surface area contributed by atoms with Gasteiger partial charge in [0, 0.05) is 12.1 Å². The number of nitrogens with one attached hydrogen (secondary N) is 2.